The summed E-state index contributed by atoms with van der Waals surface area (Å²) in [6.07, 6.45) is 3.14. The highest BCUT2D eigenvalue weighted by Gasteiger charge is 2.27. The van der Waals surface area contributed by atoms with Crippen LogP contribution in [-0.2, 0) is 14.3 Å². The molecule has 1 saturated carbocycles. The average molecular weight is 275 g/mol. The quantitative estimate of drug-likeness (QED) is 0.859. The van der Waals surface area contributed by atoms with Gasteiger partial charge in [0.1, 0.15) is 0 Å². The van der Waals surface area contributed by atoms with Crippen LogP contribution in [0, 0.1) is 12.8 Å². The number of hydrogen-bond acceptors (Lipinski definition) is 3. The van der Waals surface area contributed by atoms with E-state index in [1.165, 1.54) is 0 Å². The summed E-state index contributed by atoms with van der Waals surface area (Å²) in [4.78, 5) is 23.9. The Kier molecular flexibility index (Phi) is 4.77. The largest absolute Gasteiger partial charge is 0.452 e. The molecular formula is C16H21NO3. The highest BCUT2D eigenvalue weighted by Crippen LogP contribution is 2.26. The summed E-state index contributed by atoms with van der Waals surface area (Å²) in [5.74, 6) is -0.552. The fourth-order valence-corrected chi connectivity index (χ4v) is 2.43. The van der Waals surface area contributed by atoms with Crippen LogP contribution in [0.2, 0.25) is 0 Å². The summed E-state index contributed by atoms with van der Waals surface area (Å²) in [6, 6.07) is 7.52. The minimum atomic E-state index is -0.761. The molecule has 1 atom stereocenters. The Morgan fingerprint density at radius 3 is 2.55 bits per heavy atom. The van der Waals surface area contributed by atoms with Crippen molar-refractivity contribution in [1.29, 1.82) is 0 Å². The van der Waals surface area contributed by atoms with Crippen LogP contribution in [0.4, 0.5) is 5.69 Å². The molecular weight excluding hydrogens is 254 g/mol. The predicted octanol–water partition coefficient (Wildman–Crippen LogP) is 3.06. The van der Waals surface area contributed by atoms with Crippen LogP contribution >= 0.6 is 0 Å². The van der Waals surface area contributed by atoms with E-state index in [1.807, 2.05) is 31.2 Å². The molecule has 1 aliphatic rings. The molecule has 0 aliphatic heterocycles. The van der Waals surface area contributed by atoms with Gasteiger partial charge in [0, 0.05) is 5.69 Å². The van der Waals surface area contributed by atoms with Gasteiger partial charge < -0.3 is 10.1 Å². The molecule has 1 unspecified atom stereocenters. The number of nitrogens with one attached hydrogen (secondary N) is 1. The van der Waals surface area contributed by atoms with E-state index in [4.69, 9.17) is 4.74 Å². The Morgan fingerprint density at radius 2 is 1.90 bits per heavy atom. The Hall–Kier alpha value is -1.84. The standard InChI is InChI=1S/C16H21NO3/c1-11-7-3-6-10-14(11)17-15(18)12(2)20-16(19)13-8-4-5-9-13/h3,6-7,10,12-13H,4-5,8-9H2,1-2H3,(H,17,18). The number of ether oxygens (including phenoxy) is 1. The normalized spacial score (nSPS) is 16.7. The molecule has 0 radical (unpaired) electrons. The SMILES string of the molecule is Cc1ccccc1NC(=O)C(C)OC(=O)C1CCCC1. The molecule has 4 heteroatoms. The number of amides is 1. The number of aryl methyl sites for hydroxylation is 1. The summed E-state index contributed by atoms with van der Waals surface area (Å²) < 4.78 is 5.26. The fourth-order valence-electron chi connectivity index (χ4n) is 2.43. The molecule has 0 bridgehead atoms. The minimum absolute atomic E-state index is 0.0243. The van der Waals surface area contributed by atoms with E-state index in [0.717, 1.165) is 36.9 Å². The van der Waals surface area contributed by atoms with Crippen LogP contribution in [-0.4, -0.2) is 18.0 Å². The second-order valence-corrected chi connectivity index (χ2v) is 5.36. The molecule has 1 amide bonds. The molecule has 2 rings (SSSR count). The molecule has 0 aromatic heterocycles. The van der Waals surface area contributed by atoms with E-state index in [9.17, 15) is 9.59 Å². The number of esters is 1. The van der Waals surface area contributed by atoms with Gasteiger partial charge >= 0.3 is 5.97 Å². The minimum Gasteiger partial charge on any atom is -0.452 e. The van der Waals surface area contributed by atoms with Crippen molar-refractivity contribution in [3.05, 3.63) is 29.8 Å². The van der Waals surface area contributed by atoms with Crippen molar-refractivity contribution in [3.63, 3.8) is 0 Å². The topological polar surface area (TPSA) is 55.4 Å². The first kappa shape index (κ1) is 14.6. The van der Waals surface area contributed by atoms with Gasteiger partial charge in [0.05, 0.1) is 5.92 Å². The number of carbonyl (C=O) groups is 2. The molecule has 0 heterocycles. The van der Waals surface area contributed by atoms with Crippen LogP contribution in [0.25, 0.3) is 0 Å². The molecule has 1 aliphatic carbocycles. The highest BCUT2D eigenvalue weighted by atomic mass is 16.5. The van der Waals surface area contributed by atoms with Crippen LogP contribution < -0.4 is 5.32 Å². The van der Waals surface area contributed by atoms with Crippen LogP contribution in [0.5, 0.6) is 0 Å². The predicted molar refractivity (Wildman–Crippen MR) is 77.3 cm³/mol. The van der Waals surface area contributed by atoms with Gasteiger partial charge in [-0.3, -0.25) is 9.59 Å². The maximum absolute atomic E-state index is 12.0. The second-order valence-electron chi connectivity index (χ2n) is 5.36. The number of hydrogen-bond donors (Lipinski definition) is 1. The Labute approximate surface area is 119 Å². The summed E-state index contributed by atoms with van der Waals surface area (Å²) in [7, 11) is 0. The monoisotopic (exact) mass is 275 g/mol. The van der Waals surface area contributed by atoms with Gasteiger partial charge in [-0.15, -0.1) is 0 Å². The van der Waals surface area contributed by atoms with Crippen molar-refractivity contribution in [3.8, 4) is 0 Å². The third-order valence-electron chi connectivity index (χ3n) is 3.75. The van der Waals surface area contributed by atoms with Gasteiger partial charge in [-0.25, -0.2) is 0 Å². The number of benzene rings is 1. The summed E-state index contributed by atoms with van der Waals surface area (Å²) in [5, 5.41) is 2.79. The lowest BCUT2D eigenvalue weighted by Gasteiger charge is -2.16. The average Bonchev–Trinajstić information content (AvgIpc) is 2.95. The fraction of sp³-hybridized carbons (Fsp3) is 0.500. The smallest absolute Gasteiger partial charge is 0.309 e. The molecule has 1 N–H and O–H groups in total. The lowest BCUT2D eigenvalue weighted by molar-refractivity contribution is -0.157. The number of carbonyl (C=O) groups excluding carboxylic acids is 2. The van der Waals surface area contributed by atoms with Crippen molar-refractivity contribution in [2.75, 3.05) is 5.32 Å². The van der Waals surface area contributed by atoms with Gasteiger partial charge in [0.2, 0.25) is 0 Å². The van der Waals surface area contributed by atoms with Gasteiger partial charge in [-0.05, 0) is 38.3 Å². The summed E-state index contributed by atoms with van der Waals surface area (Å²) >= 11 is 0. The third-order valence-corrected chi connectivity index (χ3v) is 3.75. The molecule has 4 nitrogen and oxygen atoms in total. The van der Waals surface area contributed by atoms with Crippen LogP contribution in [0.3, 0.4) is 0 Å². The maximum atomic E-state index is 12.0. The van der Waals surface area contributed by atoms with Crippen molar-refractivity contribution in [1.82, 2.24) is 0 Å². The lowest BCUT2D eigenvalue weighted by Crippen LogP contribution is -2.32. The van der Waals surface area contributed by atoms with E-state index in [0.29, 0.717) is 0 Å². The summed E-state index contributed by atoms with van der Waals surface area (Å²) in [6.45, 7) is 3.53. The molecule has 0 spiro atoms. The van der Waals surface area contributed by atoms with Crippen molar-refractivity contribution >= 4 is 17.6 Å². The number of anilines is 1. The zero-order valence-electron chi connectivity index (χ0n) is 12.0. The van der Waals surface area contributed by atoms with Gasteiger partial charge in [-0.2, -0.15) is 0 Å². The highest BCUT2D eigenvalue weighted by molar-refractivity contribution is 5.95. The van der Waals surface area contributed by atoms with Crippen molar-refractivity contribution in [2.24, 2.45) is 5.92 Å². The maximum Gasteiger partial charge on any atom is 0.309 e. The second kappa shape index (κ2) is 6.55. The van der Waals surface area contributed by atoms with E-state index in [-0.39, 0.29) is 17.8 Å². The Morgan fingerprint density at radius 1 is 1.25 bits per heavy atom. The first-order chi connectivity index (χ1) is 9.58. The van der Waals surface area contributed by atoms with Gasteiger partial charge in [0.25, 0.3) is 5.91 Å². The molecule has 0 saturated heterocycles. The van der Waals surface area contributed by atoms with Crippen LogP contribution in [0.1, 0.15) is 38.2 Å². The van der Waals surface area contributed by atoms with Crippen molar-refractivity contribution in [2.45, 2.75) is 45.6 Å². The summed E-state index contributed by atoms with van der Waals surface area (Å²) in [5.41, 5.74) is 1.73. The van der Waals surface area contributed by atoms with E-state index in [2.05, 4.69) is 5.32 Å². The Balaban J connectivity index is 1.88. The zero-order valence-corrected chi connectivity index (χ0v) is 12.0. The number of rotatable bonds is 4. The molecule has 1 aromatic rings. The zero-order chi connectivity index (χ0) is 14.5. The van der Waals surface area contributed by atoms with Crippen molar-refractivity contribution < 1.29 is 14.3 Å². The van der Waals surface area contributed by atoms with Gasteiger partial charge in [0.15, 0.2) is 6.10 Å². The number of para-hydroxylation sites is 1. The van der Waals surface area contributed by atoms with E-state index >= 15 is 0 Å². The molecule has 1 fully saturated rings. The first-order valence-electron chi connectivity index (χ1n) is 7.15. The van der Waals surface area contributed by atoms with Gasteiger partial charge in [-0.1, -0.05) is 31.0 Å². The lowest BCUT2D eigenvalue weighted by atomic mass is 10.1. The Bertz CT molecular complexity index is 492. The third kappa shape index (κ3) is 3.59. The van der Waals surface area contributed by atoms with E-state index in [1.54, 1.807) is 6.92 Å². The molecule has 20 heavy (non-hydrogen) atoms. The van der Waals surface area contributed by atoms with E-state index < -0.39 is 6.10 Å². The molecule has 108 valence electrons. The molecule has 1 aromatic carbocycles. The van der Waals surface area contributed by atoms with Crippen LogP contribution in [0.15, 0.2) is 24.3 Å². The first-order valence-corrected chi connectivity index (χ1v) is 7.15.